The van der Waals surface area contributed by atoms with Gasteiger partial charge in [-0.3, -0.25) is 4.79 Å². The first-order valence-corrected chi connectivity index (χ1v) is 7.29. The summed E-state index contributed by atoms with van der Waals surface area (Å²) in [5.41, 5.74) is 0.183. The Kier molecular flexibility index (Phi) is 5.83. The lowest BCUT2D eigenvalue weighted by Crippen LogP contribution is -2.35. The largest absolute Gasteiger partial charge is 0.493 e. The Morgan fingerprint density at radius 2 is 1.96 bits per heavy atom. The maximum Gasteiger partial charge on any atom is 0.342 e. The fourth-order valence-electron chi connectivity index (χ4n) is 2.06. The number of methoxy groups -OCH3 is 2. The Morgan fingerprint density at radius 3 is 2.58 bits per heavy atom. The number of hydrogen-bond acceptors (Lipinski definition) is 6. The van der Waals surface area contributed by atoms with Gasteiger partial charge >= 0.3 is 5.97 Å². The van der Waals surface area contributed by atoms with Crippen molar-refractivity contribution in [3.63, 3.8) is 0 Å². The van der Waals surface area contributed by atoms with Gasteiger partial charge in [0, 0.05) is 0 Å². The molecule has 7 nitrogen and oxygen atoms in total. The number of nitrogens with one attached hydrogen (secondary N) is 1. The molecule has 24 heavy (non-hydrogen) atoms. The molecule has 0 unspecified atom stereocenters. The van der Waals surface area contributed by atoms with Crippen molar-refractivity contribution in [3.05, 3.63) is 47.9 Å². The molecule has 1 amide bonds. The Bertz CT molecular complexity index is 695. The first-order chi connectivity index (χ1) is 11.6. The van der Waals surface area contributed by atoms with E-state index >= 15 is 0 Å². The Morgan fingerprint density at radius 1 is 1.17 bits per heavy atom. The zero-order chi connectivity index (χ0) is 17.5. The molecule has 0 spiro atoms. The predicted octanol–water partition coefficient (Wildman–Crippen LogP) is 2.16. The molecule has 0 fully saturated rings. The van der Waals surface area contributed by atoms with Crippen molar-refractivity contribution >= 4 is 11.9 Å². The summed E-state index contributed by atoms with van der Waals surface area (Å²) < 4.78 is 20.6. The molecule has 128 valence electrons. The van der Waals surface area contributed by atoms with Gasteiger partial charge in [-0.2, -0.15) is 0 Å². The summed E-state index contributed by atoms with van der Waals surface area (Å²) in [5.74, 6) is 0.166. The average Bonchev–Trinajstić information content (AvgIpc) is 3.12. The Balaban J connectivity index is 1.99. The molecule has 0 aliphatic heterocycles. The summed E-state index contributed by atoms with van der Waals surface area (Å²) in [5, 5.41) is 2.63. The second kappa shape index (κ2) is 8.05. The van der Waals surface area contributed by atoms with Crippen molar-refractivity contribution in [2.24, 2.45) is 0 Å². The zero-order valence-electron chi connectivity index (χ0n) is 13.7. The van der Waals surface area contributed by atoms with Crippen LogP contribution in [0.4, 0.5) is 0 Å². The summed E-state index contributed by atoms with van der Waals surface area (Å²) >= 11 is 0. The Hall–Kier alpha value is -2.96. The molecule has 0 bridgehead atoms. The fraction of sp³-hybridized carbons (Fsp3) is 0.294. The van der Waals surface area contributed by atoms with Crippen LogP contribution in [0.25, 0.3) is 0 Å². The molecule has 1 N–H and O–H groups in total. The number of ether oxygens (including phenoxy) is 3. The van der Waals surface area contributed by atoms with Gasteiger partial charge in [-0.1, -0.05) is 6.07 Å². The van der Waals surface area contributed by atoms with Gasteiger partial charge in [0.05, 0.1) is 27.0 Å². The van der Waals surface area contributed by atoms with Crippen LogP contribution >= 0.6 is 0 Å². The van der Waals surface area contributed by atoms with Crippen molar-refractivity contribution in [1.82, 2.24) is 5.32 Å². The summed E-state index contributed by atoms with van der Waals surface area (Å²) in [4.78, 5) is 24.3. The highest BCUT2D eigenvalue weighted by Gasteiger charge is 2.23. The number of benzene rings is 1. The predicted molar refractivity (Wildman–Crippen MR) is 85.0 cm³/mol. The average molecular weight is 333 g/mol. The molecule has 0 aliphatic rings. The minimum Gasteiger partial charge on any atom is -0.493 e. The third-order valence-electron chi connectivity index (χ3n) is 3.29. The van der Waals surface area contributed by atoms with Crippen LogP contribution in [-0.4, -0.2) is 32.2 Å². The number of carbonyl (C=O) groups excluding carboxylic acids is 2. The van der Waals surface area contributed by atoms with Crippen LogP contribution in [-0.2, 0) is 16.1 Å². The van der Waals surface area contributed by atoms with E-state index in [1.807, 2.05) is 0 Å². The van der Waals surface area contributed by atoms with E-state index in [1.165, 1.54) is 33.5 Å². The summed E-state index contributed by atoms with van der Waals surface area (Å²) in [6, 6.07) is 8.30. The summed E-state index contributed by atoms with van der Waals surface area (Å²) in [6.45, 7) is 1.71. The highest BCUT2D eigenvalue weighted by Crippen LogP contribution is 2.31. The van der Waals surface area contributed by atoms with Gasteiger partial charge in [-0.15, -0.1) is 0 Å². The van der Waals surface area contributed by atoms with Crippen molar-refractivity contribution in [2.75, 3.05) is 14.2 Å². The van der Waals surface area contributed by atoms with E-state index in [4.69, 9.17) is 18.6 Å². The van der Waals surface area contributed by atoms with E-state index in [1.54, 1.807) is 24.3 Å². The monoisotopic (exact) mass is 333 g/mol. The van der Waals surface area contributed by atoms with Crippen LogP contribution in [0.2, 0.25) is 0 Å². The zero-order valence-corrected chi connectivity index (χ0v) is 13.7. The number of rotatable bonds is 7. The third kappa shape index (κ3) is 4.07. The normalized spacial score (nSPS) is 11.5. The second-order valence-electron chi connectivity index (χ2n) is 4.89. The van der Waals surface area contributed by atoms with Gasteiger partial charge in [0.25, 0.3) is 5.91 Å². The number of furan rings is 1. The number of para-hydroxylation sites is 1. The maximum atomic E-state index is 12.3. The topological polar surface area (TPSA) is 87.0 Å². The summed E-state index contributed by atoms with van der Waals surface area (Å²) in [6.07, 6.45) is 0.545. The van der Waals surface area contributed by atoms with Gasteiger partial charge < -0.3 is 23.9 Å². The van der Waals surface area contributed by atoms with E-state index in [2.05, 4.69) is 5.32 Å². The van der Waals surface area contributed by atoms with Crippen LogP contribution in [0, 0.1) is 0 Å². The van der Waals surface area contributed by atoms with Crippen LogP contribution in [0.1, 0.15) is 23.0 Å². The number of amides is 1. The van der Waals surface area contributed by atoms with Crippen molar-refractivity contribution in [1.29, 1.82) is 0 Å². The molecule has 0 saturated carbocycles. The van der Waals surface area contributed by atoms with Crippen molar-refractivity contribution < 1.29 is 28.2 Å². The van der Waals surface area contributed by atoms with E-state index in [0.29, 0.717) is 11.5 Å². The lowest BCUT2D eigenvalue weighted by atomic mass is 10.2. The van der Waals surface area contributed by atoms with Gasteiger partial charge in [0.2, 0.25) is 0 Å². The van der Waals surface area contributed by atoms with Gasteiger partial charge in [-0.05, 0) is 31.2 Å². The minimum atomic E-state index is -0.969. The van der Waals surface area contributed by atoms with Crippen molar-refractivity contribution in [2.45, 2.75) is 19.6 Å². The first kappa shape index (κ1) is 17.4. The molecular weight excluding hydrogens is 314 g/mol. The quantitative estimate of drug-likeness (QED) is 0.781. The van der Waals surface area contributed by atoms with Crippen LogP contribution in [0.3, 0.4) is 0 Å². The van der Waals surface area contributed by atoms with E-state index < -0.39 is 18.0 Å². The lowest BCUT2D eigenvalue weighted by molar-refractivity contribution is -0.129. The molecule has 1 heterocycles. The number of esters is 1. The summed E-state index contributed by atoms with van der Waals surface area (Å²) in [7, 11) is 2.89. The molecule has 2 rings (SSSR count). The number of carbonyl (C=O) groups is 2. The van der Waals surface area contributed by atoms with E-state index in [0.717, 1.165) is 0 Å². The Labute approximate surface area is 139 Å². The maximum absolute atomic E-state index is 12.3. The SMILES string of the molecule is COc1cccc(C(=O)O[C@H](C)C(=O)NCc2ccco2)c1OC. The van der Waals surface area contributed by atoms with Crippen molar-refractivity contribution in [3.8, 4) is 11.5 Å². The van der Waals surface area contributed by atoms with E-state index in [9.17, 15) is 9.59 Å². The molecule has 7 heteroatoms. The van der Waals surface area contributed by atoms with Gasteiger partial charge in [-0.25, -0.2) is 4.79 Å². The number of hydrogen-bond donors (Lipinski definition) is 1. The molecule has 2 aromatic rings. The molecular formula is C17H19NO6. The molecule has 1 aromatic heterocycles. The molecule has 1 atom stereocenters. The van der Waals surface area contributed by atoms with Crippen LogP contribution < -0.4 is 14.8 Å². The van der Waals surface area contributed by atoms with E-state index in [-0.39, 0.29) is 17.9 Å². The first-order valence-electron chi connectivity index (χ1n) is 7.29. The second-order valence-corrected chi connectivity index (χ2v) is 4.89. The minimum absolute atomic E-state index is 0.183. The fourth-order valence-corrected chi connectivity index (χ4v) is 2.06. The molecule has 0 radical (unpaired) electrons. The molecule has 0 saturated heterocycles. The third-order valence-corrected chi connectivity index (χ3v) is 3.29. The highest BCUT2D eigenvalue weighted by molar-refractivity contribution is 5.95. The standard InChI is InChI=1S/C17H19NO6/c1-11(16(19)18-10-12-6-5-9-23-12)24-17(20)13-7-4-8-14(21-2)15(13)22-3/h4-9,11H,10H2,1-3H3,(H,18,19)/t11-/m1/s1. The van der Waals surface area contributed by atoms with Gasteiger partial charge in [0.1, 0.15) is 11.3 Å². The smallest absolute Gasteiger partial charge is 0.342 e. The molecule has 0 aliphatic carbocycles. The van der Waals surface area contributed by atoms with Crippen LogP contribution in [0.5, 0.6) is 11.5 Å². The lowest BCUT2D eigenvalue weighted by Gasteiger charge is -2.15. The molecule has 1 aromatic carbocycles. The van der Waals surface area contributed by atoms with Crippen LogP contribution in [0.15, 0.2) is 41.0 Å². The highest BCUT2D eigenvalue weighted by atomic mass is 16.6. The van der Waals surface area contributed by atoms with Gasteiger partial charge in [0.15, 0.2) is 17.6 Å².